The summed E-state index contributed by atoms with van der Waals surface area (Å²) in [6.45, 7) is 2.69. The first-order valence-corrected chi connectivity index (χ1v) is 6.35. The van der Waals surface area contributed by atoms with Crippen LogP contribution in [0.1, 0.15) is 32.6 Å². The molecule has 1 saturated carbocycles. The van der Waals surface area contributed by atoms with Gasteiger partial charge < -0.3 is 11.1 Å². The van der Waals surface area contributed by atoms with Crippen molar-refractivity contribution < 1.29 is 4.39 Å². The molecule has 1 aliphatic carbocycles. The second kappa shape index (κ2) is 5.05. The maximum atomic E-state index is 13.1. The first-order valence-electron chi connectivity index (χ1n) is 6.35. The van der Waals surface area contributed by atoms with E-state index in [1.165, 1.54) is 31.4 Å². The number of hydrogen-bond donors (Lipinski definition) is 2. The minimum absolute atomic E-state index is 0.126. The fraction of sp³-hybridized carbons (Fsp3) is 0.571. The van der Waals surface area contributed by atoms with Crippen LogP contribution in [0.15, 0.2) is 24.3 Å². The lowest BCUT2D eigenvalue weighted by Crippen LogP contribution is -2.45. The Morgan fingerprint density at radius 2 is 2.24 bits per heavy atom. The molecule has 94 valence electrons. The molecule has 1 unspecified atom stereocenters. The number of nitrogens with one attached hydrogen (secondary N) is 1. The lowest BCUT2D eigenvalue weighted by atomic mass is 9.76. The maximum Gasteiger partial charge on any atom is 0.125 e. The summed E-state index contributed by atoms with van der Waals surface area (Å²) in [4.78, 5) is 0. The minimum atomic E-state index is -0.210. The molecule has 0 heterocycles. The normalized spacial score (nSPS) is 19.5. The van der Waals surface area contributed by atoms with Crippen molar-refractivity contribution in [2.24, 2.45) is 11.7 Å². The van der Waals surface area contributed by atoms with E-state index in [-0.39, 0.29) is 11.4 Å². The molecule has 3 N–H and O–H groups in total. The summed E-state index contributed by atoms with van der Waals surface area (Å²) in [5.74, 6) is 0.572. The van der Waals surface area contributed by atoms with Crippen LogP contribution in [-0.2, 0) is 0 Å². The molecule has 1 aromatic carbocycles. The summed E-state index contributed by atoms with van der Waals surface area (Å²) in [7, 11) is 0. The molecule has 2 rings (SSSR count). The third-order valence-electron chi connectivity index (χ3n) is 3.69. The fourth-order valence-corrected chi connectivity index (χ4v) is 2.43. The summed E-state index contributed by atoms with van der Waals surface area (Å²) < 4.78 is 13.1. The van der Waals surface area contributed by atoms with Crippen LogP contribution in [-0.4, -0.2) is 12.1 Å². The summed E-state index contributed by atoms with van der Waals surface area (Å²) in [5, 5.41) is 3.38. The molecule has 0 spiro atoms. The average Bonchev–Trinajstić information content (AvgIpc) is 2.24. The summed E-state index contributed by atoms with van der Waals surface area (Å²) >= 11 is 0. The van der Waals surface area contributed by atoms with Crippen LogP contribution >= 0.6 is 0 Å². The average molecular weight is 236 g/mol. The Hall–Kier alpha value is -1.09. The van der Waals surface area contributed by atoms with Gasteiger partial charge >= 0.3 is 0 Å². The molecular formula is C14H21FN2. The number of benzene rings is 1. The van der Waals surface area contributed by atoms with Crippen molar-refractivity contribution in [1.82, 2.24) is 0 Å². The monoisotopic (exact) mass is 236 g/mol. The molecule has 1 aromatic rings. The van der Waals surface area contributed by atoms with E-state index in [0.717, 1.165) is 18.0 Å². The highest BCUT2D eigenvalue weighted by Gasteiger charge is 2.29. The molecule has 0 aromatic heterocycles. The first kappa shape index (κ1) is 12.4. The number of rotatable bonds is 5. The molecule has 0 saturated heterocycles. The molecule has 0 bridgehead atoms. The maximum absolute atomic E-state index is 13.1. The Bertz CT molecular complexity index is 376. The van der Waals surface area contributed by atoms with Gasteiger partial charge in [0, 0.05) is 17.8 Å². The van der Waals surface area contributed by atoms with Crippen LogP contribution in [0.25, 0.3) is 0 Å². The second-order valence-corrected chi connectivity index (χ2v) is 5.40. The van der Waals surface area contributed by atoms with Gasteiger partial charge in [-0.05, 0) is 37.5 Å². The van der Waals surface area contributed by atoms with Crippen molar-refractivity contribution in [2.75, 3.05) is 11.9 Å². The minimum Gasteiger partial charge on any atom is -0.379 e. The smallest absolute Gasteiger partial charge is 0.125 e. The lowest BCUT2D eigenvalue weighted by molar-refractivity contribution is 0.248. The standard InChI is InChI=1S/C14H21FN2/c1-14(10-16,9-11-4-2-5-11)17-13-7-3-6-12(15)8-13/h3,6-8,11,17H,2,4-5,9-10,16H2,1H3. The molecule has 0 aliphatic heterocycles. The fourth-order valence-electron chi connectivity index (χ4n) is 2.43. The first-order chi connectivity index (χ1) is 8.11. The van der Waals surface area contributed by atoms with Gasteiger partial charge in [-0.2, -0.15) is 0 Å². The number of nitrogens with two attached hydrogens (primary N) is 1. The van der Waals surface area contributed by atoms with Gasteiger partial charge in [0.15, 0.2) is 0 Å². The van der Waals surface area contributed by atoms with Gasteiger partial charge in [0.1, 0.15) is 5.82 Å². The Morgan fingerprint density at radius 3 is 2.76 bits per heavy atom. The predicted molar refractivity (Wildman–Crippen MR) is 69.4 cm³/mol. The Balaban J connectivity index is 2.02. The van der Waals surface area contributed by atoms with Crippen molar-refractivity contribution in [3.8, 4) is 0 Å². The molecule has 0 amide bonds. The third-order valence-corrected chi connectivity index (χ3v) is 3.69. The van der Waals surface area contributed by atoms with Crippen molar-refractivity contribution in [3.63, 3.8) is 0 Å². The highest BCUT2D eigenvalue weighted by atomic mass is 19.1. The van der Waals surface area contributed by atoms with E-state index < -0.39 is 0 Å². The summed E-state index contributed by atoms with van der Waals surface area (Å²) in [6.07, 6.45) is 5.02. The van der Waals surface area contributed by atoms with Crippen molar-refractivity contribution >= 4 is 5.69 Å². The van der Waals surface area contributed by atoms with Crippen LogP contribution in [0, 0.1) is 11.7 Å². The zero-order chi connectivity index (χ0) is 12.3. The van der Waals surface area contributed by atoms with Gasteiger partial charge in [-0.15, -0.1) is 0 Å². The van der Waals surface area contributed by atoms with E-state index >= 15 is 0 Å². The summed E-state index contributed by atoms with van der Waals surface area (Å²) in [6, 6.07) is 6.58. The van der Waals surface area contributed by atoms with Crippen molar-refractivity contribution in [2.45, 2.75) is 38.1 Å². The van der Waals surface area contributed by atoms with Crippen LogP contribution in [0.4, 0.5) is 10.1 Å². The summed E-state index contributed by atoms with van der Waals surface area (Å²) in [5.41, 5.74) is 6.55. The molecule has 2 nitrogen and oxygen atoms in total. The van der Waals surface area contributed by atoms with Crippen LogP contribution in [0.2, 0.25) is 0 Å². The number of anilines is 1. The molecule has 1 atom stereocenters. The van der Waals surface area contributed by atoms with Gasteiger partial charge in [0.2, 0.25) is 0 Å². The molecule has 1 fully saturated rings. The van der Waals surface area contributed by atoms with E-state index in [1.807, 2.05) is 6.07 Å². The van der Waals surface area contributed by atoms with E-state index in [1.54, 1.807) is 6.07 Å². The SMILES string of the molecule is CC(CN)(CC1CCC1)Nc1cccc(F)c1. The second-order valence-electron chi connectivity index (χ2n) is 5.40. The van der Waals surface area contributed by atoms with Crippen LogP contribution < -0.4 is 11.1 Å². The number of halogens is 1. The van der Waals surface area contributed by atoms with E-state index in [2.05, 4.69) is 12.2 Å². The molecular weight excluding hydrogens is 215 g/mol. The van der Waals surface area contributed by atoms with Crippen LogP contribution in [0.5, 0.6) is 0 Å². The molecule has 0 radical (unpaired) electrons. The highest BCUT2D eigenvalue weighted by Crippen LogP contribution is 2.34. The Labute approximate surface area is 102 Å². The van der Waals surface area contributed by atoms with Gasteiger partial charge in [0.25, 0.3) is 0 Å². The Kier molecular flexibility index (Phi) is 3.67. The zero-order valence-electron chi connectivity index (χ0n) is 10.4. The highest BCUT2D eigenvalue weighted by molar-refractivity contribution is 5.45. The van der Waals surface area contributed by atoms with Gasteiger partial charge in [-0.1, -0.05) is 25.3 Å². The van der Waals surface area contributed by atoms with Crippen molar-refractivity contribution in [1.29, 1.82) is 0 Å². The predicted octanol–water partition coefficient (Wildman–Crippen LogP) is 3.15. The third kappa shape index (κ3) is 3.19. The molecule has 17 heavy (non-hydrogen) atoms. The molecule has 3 heteroatoms. The van der Waals surface area contributed by atoms with Crippen molar-refractivity contribution in [3.05, 3.63) is 30.1 Å². The largest absolute Gasteiger partial charge is 0.379 e. The van der Waals surface area contributed by atoms with Crippen LogP contribution in [0.3, 0.4) is 0 Å². The van der Waals surface area contributed by atoms with Gasteiger partial charge in [-0.25, -0.2) is 4.39 Å². The van der Waals surface area contributed by atoms with Gasteiger partial charge in [0.05, 0.1) is 0 Å². The Morgan fingerprint density at radius 1 is 1.47 bits per heavy atom. The quantitative estimate of drug-likeness (QED) is 0.824. The zero-order valence-corrected chi connectivity index (χ0v) is 10.4. The molecule has 1 aliphatic rings. The van der Waals surface area contributed by atoms with E-state index in [0.29, 0.717) is 6.54 Å². The topological polar surface area (TPSA) is 38.0 Å². The lowest BCUT2D eigenvalue weighted by Gasteiger charge is -2.37. The number of hydrogen-bond acceptors (Lipinski definition) is 2. The van der Waals surface area contributed by atoms with Gasteiger partial charge in [-0.3, -0.25) is 0 Å². The van der Waals surface area contributed by atoms with E-state index in [9.17, 15) is 4.39 Å². The van der Waals surface area contributed by atoms with E-state index in [4.69, 9.17) is 5.73 Å².